The topological polar surface area (TPSA) is 47.4 Å². The number of aryl methyl sites for hydroxylation is 1. The number of hydrogen-bond acceptors (Lipinski definition) is 4. The van der Waals surface area contributed by atoms with Crippen molar-refractivity contribution in [1.82, 2.24) is 14.5 Å². The molecule has 5 nitrogen and oxygen atoms in total. The second-order valence-electron chi connectivity index (χ2n) is 3.27. The predicted molar refractivity (Wildman–Crippen MR) is 56.9 cm³/mol. The molecule has 0 saturated carbocycles. The number of carbonyl (C=O) groups excluding carboxylic acids is 1. The van der Waals surface area contributed by atoms with Crippen molar-refractivity contribution in [3.05, 3.63) is 12.4 Å². The van der Waals surface area contributed by atoms with E-state index in [0.717, 1.165) is 17.5 Å². The molecule has 1 aromatic rings. The van der Waals surface area contributed by atoms with Gasteiger partial charge in [-0.15, -0.1) is 0 Å². The Bertz CT molecular complexity index is 353. The summed E-state index contributed by atoms with van der Waals surface area (Å²) < 4.78 is 6.80. The van der Waals surface area contributed by atoms with E-state index in [1.165, 1.54) is 0 Å². The van der Waals surface area contributed by atoms with Gasteiger partial charge in [0.25, 0.3) is 0 Å². The van der Waals surface area contributed by atoms with Gasteiger partial charge < -0.3 is 14.2 Å². The summed E-state index contributed by atoms with van der Waals surface area (Å²) in [6, 6.07) is 0. The molecule has 0 atom stereocenters. The van der Waals surface area contributed by atoms with E-state index >= 15 is 0 Å². The summed E-state index contributed by atoms with van der Waals surface area (Å²) in [6.07, 6.45) is 3.48. The Balaban J connectivity index is 1.75. The lowest BCUT2D eigenvalue weighted by Crippen LogP contribution is -2.26. The van der Waals surface area contributed by atoms with Crippen molar-refractivity contribution in [1.29, 1.82) is 0 Å². The minimum atomic E-state index is -0.199. The molecule has 1 aliphatic heterocycles. The van der Waals surface area contributed by atoms with Crippen LogP contribution in [0.15, 0.2) is 17.6 Å². The maximum absolute atomic E-state index is 11.1. The minimum absolute atomic E-state index is 0.199. The summed E-state index contributed by atoms with van der Waals surface area (Å²) in [7, 11) is 1.96. The van der Waals surface area contributed by atoms with Crippen LogP contribution in [0.25, 0.3) is 0 Å². The maximum atomic E-state index is 11.1. The first-order chi connectivity index (χ1) is 7.27. The molecule has 2 heterocycles. The highest BCUT2D eigenvalue weighted by Gasteiger charge is 2.21. The first-order valence-electron chi connectivity index (χ1n) is 4.79. The molecule has 1 aromatic heterocycles. The van der Waals surface area contributed by atoms with Crippen molar-refractivity contribution in [3.63, 3.8) is 0 Å². The number of thioether (sulfide) groups is 1. The zero-order valence-corrected chi connectivity index (χ0v) is 9.37. The normalized spacial score (nSPS) is 15.8. The largest absolute Gasteiger partial charge is 0.448 e. The van der Waals surface area contributed by atoms with Crippen LogP contribution in [0.3, 0.4) is 0 Å². The van der Waals surface area contributed by atoms with Gasteiger partial charge >= 0.3 is 6.09 Å². The summed E-state index contributed by atoms with van der Waals surface area (Å²) in [5.74, 6) is 0.847. The summed E-state index contributed by atoms with van der Waals surface area (Å²) >= 11 is 1.64. The van der Waals surface area contributed by atoms with Crippen molar-refractivity contribution in [2.45, 2.75) is 5.16 Å². The molecule has 1 amide bonds. The van der Waals surface area contributed by atoms with E-state index in [1.807, 2.05) is 17.8 Å². The van der Waals surface area contributed by atoms with Crippen LogP contribution in [0.4, 0.5) is 4.79 Å². The van der Waals surface area contributed by atoms with E-state index in [4.69, 9.17) is 4.74 Å². The third-order valence-electron chi connectivity index (χ3n) is 2.21. The fourth-order valence-corrected chi connectivity index (χ4v) is 2.26. The molecule has 0 spiro atoms. The van der Waals surface area contributed by atoms with Crippen LogP contribution in [0.2, 0.25) is 0 Å². The molecular formula is C9H13N3O2S. The molecule has 0 N–H and O–H groups in total. The average Bonchev–Trinajstić information content (AvgIpc) is 2.78. The summed E-state index contributed by atoms with van der Waals surface area (Å²) in [5, 5.41) is 0.975. The summed E-state index contributed by atoms with van der Waals surface area (Å²) in [6.45, 7) is 1.95. The van der Waals surface area contributed by atoms with Gasteiger partial charge in [0.05, 0.1) is 6.54 Å². The highest BCUT2D eigenvalue weighted by atomic mass is 32.2. The molecule has 15 heavy (non-hydrogen) atoms. The standard InChI is InChI=1S/C9H13N3O2S/c1-11-3-2-10-8(11)15-7-5-12-4-6-14-9(12)13/h2-3H,4-7H2,1H3. The highest BCUT2D eigenvalue weighted by molar-refractivity contribution is 7.99. The van der Waals surface area contributed by atoms with E-state index in [-0.39, 0.29) is 6.09 Å². The van der Waals surface area contributed by atoms with E-state index in [1.54, 1.807) is 22.9 Å². The molecule has 6 heteroatoms. The van der Waals surface area contributed by atoms with E-state index < -0.39 is 0 Å². The highest BCUT2D eigenvalue weighted by Crippen LogP contribution is 2.15. The minimum Gasteiger partial charge on any atom is -0.448 e. The molecule has 82 valence electrons. The van der Waals surface area contributed by atoms with E-state index in [2.05, 4.69) is 4.98 Å². The van der Waals surface area contributed by atoms with E-state index in [0.29, 0.717) is 13.2 Å². The zero-order chi connectivity index (χ0) is 10.7. The average molecular weight is 227 g/mol. The van der Waals surface area contributed by atoms with Crippen molar-refractivity contribution in [2.24, 2.45) is 7.05 Å². The van der Waals surface area contributed by atoms with Gasteiger partial charge in [0.15, 0.2) is 5.16 Å². The number of rotatable bonds is 4. The van der Waals surface area contributed by atoms with Gasteiger partial charge in [-0.3, -0.25) is 0 Å². The summed E-state index contributed by atoms with van der Waals surface area (Å²) in [4.78, 5) is 17.0. The first kappa shape index (κ1) is 10.4. The smallest absolute Gasteiger partial charge is 0.409 e. The Hall–Kier alpha value is -1.17. The number of imidazole rings is 1. The molecule has 1 saturated heterocycles. The molecule has 1 fully saturated rings. The van der Waals surface area contributed by atoms with Crippen molar-refractivity contribution < 1.29 is 9.53 Å². The lowest BCUT2D eigenvalue weighted by molar-refractivity contribution is 0.160. The molecule has 1 aliphatic rings. The quantitative estimate of drug-likeness (QED) is 0.719. The van der Waals surface area contributed by atoms with Crippen molar-refractivity contribution >= 4 is 17.9 Å². The number of cyclic esters (lactones) is 1. The van der Waals surface area contributed by atoms with Crippen LogP contribution in [-0.2, 0) is 11.8 Å². The maximum Gasteiger partial charge on any atom is 0.409 e. The fraction of sp³-hybridized carbons (Fsp3) is 0.556. The fourth-order valence-electron chi connectivity index (χ4n) is 1.37. The zero-order valence-electron chi connectivity index (χ0n) is 8.55. The number of hydrogen-bond donors (Lipinski definition) is 0. The lowest BCUT2D eigenvalue weighted by Gasteiger charge is -2.11. The molecule has 0 unspecified atom stereocenters. The molecular weight excluding hydrogens is 214 g/mol. The van der Waals surface area contributed by atoms with Gasteiger partial charge in [0.2, 0.25) is 0 Å². The molecule has 2 rings (SSSR count). The summed E-state index contributed by atoms with van der Waals surface area (Å²) in [5.41, 5.74) is 0. The molecule has 0 radical (unpaired) electrons. The van der Waals surface area contributed by atoms with Gasteiger partial charge in [-0.2, -0.15) is 0 Å². The second-order valence-corrected chi connectivity index (χ2v) is 4.33. The molecule has 0 bridgehead atoms. The number of carbonyl (C=O) groups is 1. The van der Waals surface area contributed by atoms with Crippen LogP contribution in [0.5, 0.6) is 0 Å². The Labute approximate surface area is 92.4 Å². The van der Waals surface area contributed by atoms with Gasteiger partial charge in [0, 0.05) is 31.7 Å². The number of ether oxygens (including phenoxy) is 1. The van der Waals surface area contributed by atoms with E-state index in [9.17, 15) is 4.79 Å². The number of aromatic nitrogens is 2. The predicted octanol–water partition coefficient (Wildman–Crippen LogP) is 0.964. The van der Waals surface area contributed by atoms with Crippen LogP contribution in [-0.4, -0.2) is 46.0 Å². The number of amides is 1. The lowest BCUT2D eigenvalue weighted by atomic mass is 10.6. The third kappa shape index (κ3) is 2.44. The Kier molecular flexibility index (Phi) is 3.15. The van der Waals surface area contributed by atoms with Gasteiger partial charge in [-0.1, -0.05) is 11.8 Å². The molecule has 0 aromatic carbocycles. The number of nitrogens with zero attached hydrogens (tertiary/aromatic N) is 3. The first-order valence-corrected chi connectivity index (χ1v) is 5.78. The van der Waals surface area contributed by atoms with Crippen molar-refractivity contribution in [2.75, 3.05) is 25.4 Å². The molecule has 0 aliphatic carbocycles. The van der Waals surface area contributed by atoms with Crippen LogP contribution < -0.4 is 0 Å². The Morgan fingerprint density at radius 2 is 2.53 bits per heavy atom. The Morgan fingerprint density at radius 1 is 1.67 bits per heavy atom. The second kappa shape index (κ2) is 4.57. The van der Waals surface area contributed by atoms with Gasteiger partial charge in [-0.25, -0.2) is 9.78 Å². The van der Waals surface area contributed by atoms with Crippen LogP contribution >= 0.6 is 11.8 Å². The van der Waals surface area contributed by atoms with Crippen LogP contribution in [0.1, 0.15) is 0 Å². The van der Waals surface area contributed by atoms with Gasteiger partial charge in [0.1, 0.15) is 6.61 Å². The SMILES string of the molecule is Cn1ccnc1SCCN1CCOC1=O. The van der Waals surface area contributed by atoms with Crippen LogP contribution in [0, 0.1) is 0 Å². The van der Waals surface area contributed by atoms with Crippen molar-refractivity contribution in [3.8, 4) is 0 Å². The monoisotopic (exact) mass is 227 g/mol. The Morgan fingerprint density at radius 3 is 3.13 bits per heavy atom. The van der Waals surface area contributed by atoms with Gasteiger partial charge in [-0.05, 0) is 0 Å². The third-order valence-corrected chi connectivity index (χ3v) is 3.25.